The molecule has 0 fully saturated rings. The van der Waals surface area contributed by atoms with Gasteiger partial charge in [0.2, 0.25) is 5.91 Å². The Bertz CT molecular complexity index is 1040. The minimum atomic E-state index is -4.50. The highest BCUT2D eigenvalue weighted by molar-refractivity contribution is 5.92. The summed E-state index contributed by atoms with van der Waals surface area (Å²) in [6, 6.07) is 12.9. The van der Waals surface area contributed by atoms with E-state index in [-0.39, 0.29) is 17.8 Å². The van der Waals surface area contributed by atoms with Crippen LogP contribution in [0.2, 0.25) is 0 Å². The molecule has 0 saturated carbocycles. The number of rotatable bonds is 3. The summed E-state index contributed by atoms with van der Waals surface area (Å²) >= 11 is 0. The molecule has 7 heteroatoms. The Morgan fingerprint density at radius 2 is 1.81 bits per heavy atom. The van der Waals surface area contributed by atoms with Crippen molar-refractivity contribution in [2.75, 3.05) is 5.32 Å². The average Bonchev–Trinajstić information content (AvgIpc) is 2.58. The average molecular weight is 360 g/mol. The quantitative estimate of drug-likeness (QED) is 0.768. The van der Waals surface area contributed by atoms with Crippen molar-refractivity contribution >= 4 is 22.5 Å². The van der Waals surface area contributed by atoms with Gasteiger partial charge in [-0.3, -0.25) is 14.2 Å². The number of anilines is 1. The van der Waals surface area contributed by atoms with Gasteiger partial charge in [-0.05, 0) is 36.8 Å². The van der Waals surface area contributed by atoms with Gasteiger partial charge in [-0.1, -0.05) is 24.3 Å². The molecule has 0 spiro atoms. The molecule has 0 radical (unpaired) electrons. The third-order valence-corrected chi connectivity index (χ3v) is 4.00. The zero-order valence-electron chi connectivity index (χ0n) is 13.8. The molecule has 0 unspecified atom stereocenters. The second-order valence-corrected chi connectivity index (χ2v) is 5.90. The number of carbonyl (C=O) groups excluding carboxylic acids is 1. The van der Waals surface area contributed by atoms with Gasteiger partial charge in [0.1, 0.15) is 6.54 Å². The lowest BCUT2D eigenvalue weighted by molar-refractivity contribution is -0.137. The normalized spacial score (nSPS) is 11.5. The molecule has 1 N–H and O–H groups in total. The third-order valence-electron chi connectivity index (χ3n) is 4.00. The molecular formula is C19H15F3N2O2. The van der Waals surface area contributed by atoms with Gasteiger partial charge in [-0.25, -0.2) is 0 Å². The number of nitrogens with zero attached hydrogens (tertiary/aromatic N) is 1. The van der Waals surface area contributed by atoms with Gasteiger partial charge < -0.3 is 5.32 Å². The number of amides is 1. The molecule has 0 aliphatic rings. The van der Waals surface area contributed by atoms with E-state index >= 15 is 0 Å². The predicted octanol–water partition coefficient (Wildman–Crippen LogP) is 3.97. The number of para-hydroxylation sites is 1. The van der Waals surface area contributed by atoms with Crippen molar-refractivity contribution in [2.45, 2.75) is 19.6 Å². The van der Waals surface area contributed by atoms with Gasteiger partial charge in [-0.15, -0.1) is 0 Å². The summed E-state index contributed by atoms with van der Waals surface area (Å²) in [7, 11) is 0. The van der Waals surface area contributed by atoms with E-state index in [2.05, 4.69) is 5.32 Å². The van der Waals surface area contributed by atoms with Gasteiger partial charge in [0, 0.05) is 17.1 Å². The maximum Gasteiger partial charge on any atom is 0.416 e. The van der Waals surface area contributed by atoms with E-state index in [4.69, 9.17) is 0 Å². The molecule has 0 atom stereocenters. The van der Waals surface area contributed by atoms with E-state index < -0.39 is 17.6 Å². The van der Waals surface area contributed by atoms with Crippen LogP contribution in [0.3, 0.4) is 0 Å². The van der Waals surface area contributed by atoms with Crippen LogP contribution in [-0.2, 0) is 17.5 Å². The Balaban J connectivity index is 1.88. The summed E-state index contributed by atoms with van der Waals surface area (Å²) < 4.78 is 39.6. The highest BCUT2D eigenvalue weighted by atomic mass is 19.4. The van der Waals surface area contributed by atoms with Crippen LogP contribution in [0.4, 0.5) is 18.9 Å². The number of aromatic nitrogens is 1. The number of alkyl halides is 3. The zero-order chi connectivity index (χ0) is 18.9. The lowest BCUT2D eigenvalue weighted by Crippen LogP contribution is -2.28. The first-order chi connectivity index (χ1) is 12.3. The first-order valence-corrected chi connectivity index (χ1v) is 7.82. The van der Waals surface area contributed by atoms with Crippen LogP contribution in [-0.4, -0.2) is 10.5 Å². The lowest BCUT2D eigenvalue weighted by Gasteiger charge is -2.13. The second-order valence-electron chi connectivity index (χ2n) is 5.90. The molecule has 26 heavy (non-hydrogen) atoms. The predicted molar refractivity (Wildman–Crippen MR) is 93.0 cm³/mol. The number of fused-ring (bicyclic) bond motifs is 1. The maximum absolute atomic E-state index is 12.8. The van der Waals surface area contributed by atoms with Crippen LogP contribution in [0.5, 0.6) is 0 Å². The maximum atomic E-state index is 12.8. The SMILES string of the molecule is Cc1cc(=O)n(CC(=O)Nc2cccc(C(F)(F)F)c2)c2ccccc12. The Labute approximate surface area is 146 Å². The Hall–Kier alpha value is -3.09. The van der Waals surface area contributed by atoms with Crippen molar-refractivity contribution in [3.05, 3.63) is 76.1 Å². The van der Waals surface area contributed by atoms with Gasteiger partial charge in [0.25, 0.3) is 5.56 Å². The molecule has 2 aromatic carbocycles. The Kier molecular flexibility index (Phi) is 4.54. The van der Waals surface area contributed by atoms with Crippen molar-refractivity contribution in [3.63, 3.8) is 0 Å². The zero-order valence-corrected chi connectivity index (χ0v) is 13.8. The summed E-state index contributed by atoms with van der Waals surface area (Å²) in [5.41, 5.74) is 0.208. The number of pyridine rings is 1. The molecule has 1 aromatic heterocycles. The van der Waals surface area contributed by atoms with Crippen molar-refractivity contribution < 1.29 is 18.0 Å². The molecule has 3 aromatic rings. The smallest absolute Gasteiger partial charge is 0.325 e. The molecular weight excluding hydrogens is 345 g/mol. The molecule has 3 rings (SSSR count). The van der Waals surface area contributed by atoms with Crippen LogP contribution in [0.15, 0.2) is 59.4 Å². The monoisotopic (exact) mass is 360 g/mol. The van der Waals surface area contributed by atoms with Gasteiger partial charge in [-0.2, -0.15) is 13.2 Å². The highest BCUT2D eigenvalue weighted by Gasteiger charge is 2.30. The van der Waals surface area contributed by atoms with Gasteiger partial charge in [0.15, 0.2) is 0 Å². The first-order valence-electron chi connectivity index (χ1n) is 7.82. The van der Waals surface area contributed by atoms with Crippen molar-refractivity contribution in [2.24, 2.45) is 0 Å². The highest BCUT2D eigenvalue weighted by Crippen LogP contribution is 2.30. The van der Waals surface area contributed by atoms with Gasteiger partial charge in [0.05, 0.1) is 11.1 Å². The molecule has 0 bridgehead atoms. The molecule has 0 aliphatic heterocycles. The number of hydrogen-bond donors (Lipinski definition) is 1. The fraction of sp³-hybridized carbons (Fsp3) is 0.158. The van der Waals surface area contributed by atoms with Crippen LogP contribution in [0, 0.1) is 6.92 Å². The summed E-state index contributed by atoms with van der Waals surface area (Å²) in [6.07, 6.45) is -4.50. The fourth-order valence-corrected chi connectivity index (χ4v) is 2.78. The number of aryl methyl sites for hydroxylation is 1. The number of benzene rings is 2. The number of hydrogen-bond acceptors (Lipinski definition) is 2. The minimum absolute atomic E-state index is 0.0225. The van der Waals surface area contributed by atoms with Crippen molar-refractivity contribution in [1.29, 1.82) is 0 Å². The van der Waals surface area contributed by atoms with Crippen LogP contribution in [0.1, 0.15) is 11.1 Å². The van der Waals surface area contributed by atoms with Crippen molar-refractivity contribution in [3.8, 4) is 0 Å². The van der Waals surface area contributed by atoms with E-state index in [1.807, 2.05) is 12.1 Å². The van der Waals surface area contributed by atoms with Gasteiger partial charge >= 0.3 is 6.18 Å². The third kappa shape index (κ3) is 3.61. The lowest BCUT2D eigenvalue weighted by atomic mass is 10.1. The number of halogens is 3. The van der Waals surface area contributed by atoms with Crippen LogP contribution >= 0.6 is 0 Å². The first kappa shape index (κ1) is 17.7. The summed E-state index contributed by atoms with van der Waals surface area (Å²) in [4.78, 5) is 24.5. The van der Waals surface area contributed by atoms with E-state index in [9.17, 15) is 22.8 Å². The fourth-order valence-electron chi connectivity index (χ4n) is 2.78. The molecule has 0 saturated heterocycles. The minimum Gasteiger partial charge on any atom is -0.325 e. The molecule has 1 amide bonds. The van der Waals surface area contributed by atoms with Crippen LogP contribution < -0.4 is 10.9 Å². The largest absolute Gasteiger partial charge is 0.416 e. The summed E-state index contributed by atoms with van der Waals surface area (Å²) in [5.74, 6) is -0.583. The standard InChI is InChI=1S/C19H15F3N2O2/c1-12-9-18(26)24(16-8-3-2-7-15(12)16)11-17(25)23-14-6-4-5-13(10-14)19(20,21)22/h2-10H,11H2,1H3,(H,23,25). The Morgan fingerprint density at radius 3 is 2.54 bits per heavy atom. The second kappa shape index (κ2) is 6.67. The topological polar surface area (TPSA) is 51.1 Å². The molecule has 4 nitrogen and oxygen atoms in total. The number of carbonyl (C=O) groups is 1. The van der Waals surface area contributed by atoms with E-state index in [1.165, 1.54) is 22.8 Å². The molecule has 1 heterocycles. The summed E-state index contributed by atoms with van der Waals surface area (Å²) in [6.45, 7) is 1.51. The van der Waals surface area contributed by atoms with E-state index in [0.717, 1.165) is 23.1 Å². The van der Waals surface area contributed by atoms with Crippen LogP contribution in [0.25, 0.3) is 10.9 Å². The van der Waals surface area contributed by atoms with E-state index in [1.54, 1.807) is 19.1 Å². The van der Waals surface area contributed by atoms with E-state index in [0.29, 0.717) is 5.52 Å². The van der Waals surface area contributed by atoms with Crippen molar-refractivity contribution in [1.82, 2.24) is 4.57 Å². The summed E-state index contributed by atoms with van der Waals surface area (Å²) in [5, 5.41) is 3.24. The number of nitrogens with one attached hydrogen (secondary N) is 1. The molecule has 134 valence electrons. The molecule has 0 aliphatic carbocycles. The Morgan fingerprint density at radius 1 is 1.08 bits per heavy atom.